The first-order valence-corrected chi connectivity index (χ1v) is 14.7. The molecule has 0 unspecified atom stereocenters. The van der Waals surface area contributed by atoms with Crippen molar-refractivity contribution < 1.29 is 4.79 Å². The highest BCUT2D eigenvalue weighted by atomic mass is 16.2. The number of carbonyl (C=O) groups is 1. The van der Waals surface area contributed by atoms with E-state index in [9.17, 15) is 4.79 Å². The Hall–Kier alpha value is -4.28. The van der Waals surface area contributed by atoms with Crippen LogP contribution in [0.1, 0.15) is 24.1 Å². The summed E-state index contributed by atoms with van der Waals surface area (Å²) in [6.07, 6.45) is 6.69. The molecule has 218 valence electrons. The summed E-state index contributed by atoms with van der Waals surface area (Å²) in [5.41, 5.74) is 12.6. The van der Waals surface area contributed by atoms with E-state index in [0.29, 0.717) is 12.4 Å². The first kappa shape index (κ1) is 27.9. The maximum atomic E-state index is 12.0. The molecular weight excluding hydrogens is 526 g/mol. The molecular formula is C32H39N9O. The lowest BCUT2D eigenvalue weighted by atomic mass is 10.0. The van der Waals surface area contributed by atoms with Crippen molar-refractivity contribution in [2.45, 2.75) is 25.8 Å². The molecule has 1 aliphatic heterocycles. The van der Waals surface area contributed by atoms with Gasteiger partial charge in [-0.1, -0.05) is 42.5 Å². The standard InChI is InChI=1S/C32H39N9O/c1-37(2)30(42)22-39-16-14-38(15-17-39)13-7-6-10-27-19-28(31-32(33)34-23-35-41(27)31)25-11-12-26-21-40(36-29(26)18-25)20-24-8-4-3-5-9-24/h3-5,8-9,11-12,18-19,21,23H,6-7,10,13-17,20,22H2,1-2H3,(H2,33,34,35). The third-order valence-corrected chi connectivity index (χ3v) is 8.19. The molecule has 0 spiro atoms. The fourth-order valence-corrected chi connectivity index (χ4v) is 5.76. The number of aromatic nitrogens is 5. The number of rotatable bonds is 10. The van der Waals surface area contributed by atoms with Gasteiger partial charge in [0.1, 0.15) is 11.8 Å². The van der Waals surface area contributed by atoms with Gasteiger partial charge in [0, 0.05) is 63.1 Å². The Morgan fingerprint density at radius 1 is 0.976 bits per heavy atom. The molecule has 1 amide bonds. The minimum Gasteiger partial charge on any atom is -0.382 e. The van der Waals surface area contributed by atoms with Crippen LogP contribution in [0.4, 0.5) is 5.82 Å². The smallest absolute Gasteiger partial charge is 0.236 e. The van der Waals surface area contributed by atoms with Crippen molar-refractivity contribution in [3.8, 4) is 11.1 Å². The molecule has 1 fully saturated rings. The van der Waals surface area contributed by atoms with E-state index in [-0.39, 0.29) is 5.91 Å². The van der Waals surface area contributed by atoms with Crippen LogP contribution in [0.2, 0.25) is 0 Å². The van der Waals surface area contributed by atoms with Crippen LogP contribution < -0.4 is 5.73 Å². The van der Waals surface area contributed by atoms with Gasteiger partial charge in [0.05, 0.1) is 18.6 Å². The number of carbonyl (C=O) groups excluding carboxylic acids is 1. The van der Waals surface area contributed by atoms with Crippen LogP contribution in [0.5, 0.6) is 0 Å². The van der Waals surface area contributed by atoms with E-state index >= 15 is 0 Å². The highest BCUT2D eigenvalue weighted by Crippen LogP contribution is 2.32. The minimum atomic E-state index is 0.171. The topological polar surface area (TPSA) is 101 Å². The van der Waals surface area contributed by atoms with Crippen LogP contribution in [0, 0.1) is 0 Å². The molecule has 3 aromatic heterocycles. The number of benzene rings is 2. The van der Waals surface area contributed by atoms with Crippen LogP contribution in [-0.2, 0) is 17.8 Å². The molecule has 2 N–H and O–H groups in total. The first-order valence-electron chi connectivity index (χ1n) is 14.7. The lowest BCUT2D eigenvalue weighted by Gasteiger charge is -2.34. The summed E-state index contributed by atoms with van der Waals surface area (Å²) in [5, 5.41) is 10.5. The Balaban J connectivity index is 1.12. The number of hydrogen-bond acceptors (Lipinski definition) is 7. The molecule has 42 heavy (non-hydrogen) atoms. The van der Waals surface area contributed by atoms with E-state index in [2.05, 4.69) is 74.6 Å². The van der Waals surface area contributed by atoms with Gasteiger partial charge in [-0.15, -0.1) is 0 Å². The number of nitrogen functional groups attached to an aromatic ring is 1. The van der Waals surface area contributed by atoms with E-state index < -0.39 is 0 Å². The number of amides is 1. The molecule has 6 rings (SSSR count). The maximum absolute atomic E-state index is 12.0. The molecule has 1 saturated heterocycles. The van der Waals surface area contributed by atoms with Gasteiger partial charge in [0.15, 0.2) is 5.82 Å². The van der Waals surface area contributed by atoms with E-state index in [1.807, 2.05) is 29.4 Å². The zero-order valence-corrected chi connectivity index (χ0v) is 24.5. The van der Waals surface area contributed by atoms with Gasteiger partial charge < -0.3 is 15.5 Å². The zero-order chi connectivity index (χ0) is 29.1. The second-order valence-corrected chi connectivity index (χ2v) is 11.4. The number of hydrogen-bond donors (Lipinski definition) is 1. The van der Waals surface area contributed by atoms with Gasteiger partial charge in [-0.3, -0.25) is 14.4 Å². The van der Waals surface area contributed by atoms with Gasteiger partial charge in [0.2, 0.25) is 5.91 Å². The minimum absolute atomic E-state index is 0.171. The maximum Gasteiger partial charge on any atom is 0.236 e. The highest BCUT2D eigenvalue weighted by Gasteiger charge is 2.20. The van der Waals surface area contributed by atoms with E-state index in [1.54, 1.807) is 4.90 Å². The molecule has 0 bridgehead atoms. The monoisotopic (exact) mass is 565 g/mol. The van der Waals surface area contributed by atoms with E-state index in [4.69, 9.17) is 10.8 Å². The van der Waals surface area contributed by atoms with Gasteiger partial charge in [0.25, 0.3) is 0 Å². The summed E-state index contributed by atoms with van der Waals surface area (Å²) in [6, 6.07) is 19.0. The average Bonchev–Trinajstić information content (AvgIpc) is 3.57. The van der Waals surface area contributed by atoms with Crippen molar-refractivity contribution in [3.63, 3.8) is 0 Å². The van der Waals surface area contributed by atoms with Crippen LogP contribution >= 0.6 is 0 Å². The Kier molecular flexibility index (Phi) is 8.16. The molecule has 0 radical (unpaired) electrons. The van der Waals surface area contributed by atoms with Crippen molar-refractivity contribution in [3.05, 3.63) is 78.4 Å². The fourth-order valence-electron chi connectivity index (χ4n) is 5.76. The quantitative estimate of drug-likeness (QED) is 0.259. The number of unbranched alkanes of at least 4 members (excludes halogenated alkanes) is 1. The van der Waals surface area contributed by atoms with Crippen LogP contribution in [-0.4, -0.2) is 98.3 Å². The summed E-state index contributed by atoms with van der Waals surface area (Å²) in [6.45, 7) is 6.20. The van der Waals surface area contributed by atoms with E-state index in [0.717, 1.165) is 91.8 Å². The molecule has 2 aromatic carbocycles. The lowest BCUT2D eigenvalue weighted by molar-refractivity contribution is -0.130. The number of likely N-dealkylation sites (N-methyl/N-ethyl adjacent to an activating group) is 1. The molecule has 4 heterocycles. The van der Waals surface area contributed by atoms with Gasteiger partial charge in [-0.05, 0) is 49.1 Å². The number of piperazine rings is 1. The second kappa shape index (κ2) is 12.3. The van der Waals surface area contributed by atoms with Crippen molar-refractivity contribution >= 4 is 28.1 Å². The molecule has 0 aliphatic carbocycles. The number of anilines is 1. The molecule has 0 saturated carbocycles. The molecule has 10 heteroatoms. The lowest BCUT2D eigenvalue weighted by Crippen LogP contribution is -2.49. The largest absolute Gasteiger partial charge is 0.382 e. The summed E-state index contributed by atoms with van der Waals surface area (Å²) >= 11 is 0. The zero-order valence-electron chi connectivity index (χ0n) is 24.5. The predicted octanol–water partition coefficient (Wildman–Crippen LogP) is 3.41. The number of fused-ring (bicyclic) bond motifs is 2. The van der Waals surface area contributed by atoms with Gasteiger partial charge >= 0.3 is 0 Å². The van der Waals surface area contributed by atoms with Crippen molar-refractivity contribution in [2.24, 2.45) is 0 Å². The third-order valence-electron chi connectivity index (χ3n) is 8.19. The summed E-state index contributed by atoms with van der Waals surface area (Å²) in [4.78, 5) is 22.7. The Labute approximate surface area is 246 Å². The number of nitrogens with zero attached hydrogens (tertiary/aromatic N) is 8. The van der Waals surface area contributed by atoms with Crippen LogP contribution in [0.15, 0.2) is 67.1 Å². The fraction of sp³-hybridized carbons (Fsp3) is 0.375. The Morgan fingerprint density at radius 3 is 2.55 bits per heavy atom. The number of aryl methyl sites for hydroxylation is 1. The van der Waals surface area contributed by atoms with Crippen molar-refractivity contribution in [1.29, 1.82) is 0 Å². The summed E-state index contributed by atoms with van der Waals surface area (Å²) < 4.78 is 3.95. The van der Waals surface area contributed by atoms with Crippen molar-refractivity contribution in [2.75, 3.05) is 59.1 Å². The Bertz CT molecular complexity index is 1670. The van der Waals surface area contributed by atoms with Crippen LogP contribution in [0.25, 0.3) is 27.5 Å². The highest BCUT2D eigenvalue weighted by molar-refractivity contribution is 5.92. The van der Waals surface area contributed by atoms with Crippen LogP contribution in [0.3, 0.4) is 0 Å². The second-order valence-electron chi connectivity index (χ2n) is 11.4. The first-order chi connectivity index (χ1) is 20.4. The van der Waals surface area contributed by atoms with Gasteiger partial charge in [-0.25, -0.2) is 9.50 Å². The third kappa shape index (κ3) is 6.14. The summed E-state index contributed by atoms with van der Waals surface area (Å²) in [7, 11) is 3.63. The molecule has 10 nitrogen and oxygen atoms in total. The summed E-state index contributed by atoms with van der Waals surface area (Å²) in [5.74, 6) is 0.649. The normalized spacial score (nSPS) is 14.6. The molecule has 1 aliphatic rings. The molecule has 0 atom stereocenters. The average molecular weight is 566 g/mol. The molecule has 5 aromatic rings. The van der Waals surface area contributed by atoms with Crippen molar-refractivity contribution in [1.82, 2.24) is 39.1 Å². The Morgan fingerprint density at radius 2 is 1.76 bits per heavy atom. The van der Waals surface area contributed by atoms with Gasteiger partial charge in [-0.2, -0.15) is 10.2 Å². The van der Waals surface area contributed by atoms with E-state index in [1.165, 1.54) is 11.9 Å². The number of nitrogens with two attached hydrogens (primary N) is 1. The SMILES string of the molecule is CN(C)C(=O)CN1CCN(CCCCc2cc(-c3ccc4cn(Cc5ccccc5)nc4c3)c3c(N)ncnn23)CC1. The predicted molar refractivity (Wildman–Crippen MR) is 166 cm³/mol.